The van der Waals surface area contributed by atoms with E-state index in [-0.39, 0.29) is 5.91 Å². The van der Waals surface area contributed by atoms with Crippen LogP contribution in [-0.4, -0.2) is 64.9 Å². The molecule has 7 heteroatoms. The van der Waals surface area contributed by atoms with Crippen LogP contribution in [0.15, 0.2) is 29.8 Å². The lowest BCUT2D eigenvalue weighted by Crippen LogP contribution is -2.49. The highest BCUT2D eigenvalue weighted by Gasteiger charge is 2.37. The van der Waals surface area contributed by atoms with Crippen LogP contribution in [0.5, 0.6) is 0 Å². The second-order valence-corrected chi connectivity index (χ2v) is 10.3. The Kier molecular flexibility index (Phi) is 6.23. The van der Waals surface area contributed by atoms with Gasteiger partial charge in [0.25, 0.3) is 5.91 Å². The van der Waals surface area contributed by atoms with Gasteiger partial charge in [0.15, 0.2) is 5.13 Å². The Labute approximate surface area is 189 Å². The van der Waals surface area contributed by atoms with Gasteiger partial charge in [-0.25, -0.2) is 4.98 Å². The molecule has 1 atom stereocenters. The molecule has 4 heterocycles. The maximum absolute atomic E-state index is 13.1. The first-order valence-electron chi connectivity index (χ1n) is 11.8. The maximum Gasteiger partial charge on any atom is 0.273 e. The van der Waals surface area contributed by atoms with Gasteiger partial charge in [-0.15, -0.1) is 11.3 Å². The van der Waals surface area contributed by atoms with Crippen molar-refractivity contribution in [3.8, 4) is 0 Å². The molecule has 1 amide bonds. The smallest absolute Gasteiger partial charge is 0.273 e. The minimum absolute atomic E-state index is 0.0849. The van der Waals surface area contributed by atoms with Crippen LogP contribution in [-0.2, 0) is 6.54 Å². The Hall–Kier alpha value is -1.99. The molecule has 2 aromatic rings. The van der Waals surface area contributed by atoms with Crippen LogP contribution in [0.2, 0.25) is 0 Å². The zero-order valence-electron chi connectivity index (χ0n) is 18.4. The molecular weight excluding hydrogens is 406 g/mol. The van der Waals surface area contributed by atoms with Crippen molar-refractivity contribution >= 4 is 22.4 Å². The molecule has 1 unspecified atom stereocenters. The van der Waals surface area contributed by atoms with Gasteiger partial charge in [0, 0.05) is 44.3 Å². The van der Waals surface area contributed by atoms with E-state index in [4.69, 9.17) is 0 Å². The SMILES string of the molecule is CN(Cc1ccccn1)c1nc(C(=O)N2CCC(N3CCCC(C4CC4)C3)CC2)cs1. The number of pyridine rings is 1. The second kappa shape index (κ2) is 9.25. The van der Waals surface area contributed by atoms with Gasteiger partial charge in [-0.05, 0) is 69.0 Å². The quantitative estimate of drug-likeness (QED) is 0.683. The average molecular weight is 440 g/mol. The van der Waals surface area contributed by atoms with Crippen molar-refractivity contribution in [3.05, 3.63) is 41.2 Å². The van der Waals surface area contributed by atoms with Gasteiger partial charge in [-0.3, -0.25) is 14.7 Å². The lowest BCUT2D eigenvalue weighted by molar-refractivity contribution is 0.0506. The topological polar surface area (TPSA) is 52.6 Å². The van der Waals surface area contributed by atoms with Crippen LogP contribution >= 0.6 is 11.3 Å². The van der Waals surface area contributed by atoms with Crippen molar-refractivity contribution in [2.45, 2.75) is 51.1 Å². The number of nitrogens with zero attached hydrogens (tertiary/aromatic N) is 5. The standard InChI is InChI=1S/C24H33N5OS/c1-27(16-20-6-2-3-11-25-20)24-26-22(17-31-24)23(30)28-13-9-21(10-14-28)29-12-4-5-19(15-29)18-7-8-18/h2-3,6,11,17-19,21H,4-5,7-10,12-16H2,1H3. The fourth-order valence-corrected chi connectivity index (χ4v) is 6.03. The predicted molar refractivity (Wildman–Crippen MR) is 124 cm³/mol. The van der Waals surface area contributed by atoms with E-state index in [1.807, 2.05) is 35.5 Å². The van der Waals surface area contributed by atoms with Crippen molar-refractivity contribution in [1.82, 2.24) is 19.8 Å². The molecule has 0 aromatic carbocycles. The van der Waals surface area contributed by atoms with E-state index in [1.165, 1.54) is 50.1 Å². The highest BCUT2D eigenvalue weighted by atomic mass is 32.1. The summed E-state index contributed by atoms with van der Waals surface area (Å²) in [5.41, 5.74) is 1.58. The van der Waals surface area contributed by atoms with Crippen LogP contribution in [0.1, 0.15) is 54.7 Å². The minimum atomic E-state index is 0.0849. The third kappa shape index (κ3) is 4.93. The minimum Gasteiger partial charge on any atom is -0.345 e. The zero-order valence-corrected chi connectivity index (χ0v) is 19.3. The van der Waals surface area contributed by atoms with Crippen molar-refractivity contribution in [3.63, 3.8) is 0 Å². The van der Waals surface area contributed by atoms with Gasteiger partial charge in [-0.2, -0.15) is 0 Å². The molecule has 3 aliphatic rings. The summed E-state index contributed by atoms with van der Waals surface area (Å²) < 4.78 is 0. The molecule has 0 spiro atoms. The van der Waals surface area contributed by atoms with Crippen LogP contribution in [0, 0.1) is 11.8 Å². The van der Waals surface area contributed by atoms with E-state index < -0.39 is 0 Å². The molecule has 31 heavy (non-hydrogen) atoms. The summed E-state index contributed by atoms with van der Waals surface area (Å²) in [4.78, 5) is 28.9. The number of piperidine rings is 2. The first-order chi connectivity index (χ1) is 15.2. The lowest BCUT2D eigenvalue weighted by atomic mass is 9.90. The molecule has 3 fully saturated rings. The van der Waals surface area contributed by atoms with Crippen LogP contribution < -0.4 is 4.90 Å². The second-order valence-electron chi connectivity index (χ2n) is 9.45. The first-order valence-corrected chi connectivity index (χ1v) is 12.7. The van der Waals surface area contributed by atoms with Crippen LogP contribution in [0.25, 0.3) is 0 Å². The van der Waals surface area contributed by atoms with E-state index >= 15 is 0 Å². The summed E-state index contributed by atoms with van der Waals surface area (Å²) in [6, 6.07) is 6.58. The fraction of sp³-hybridized carbons (Fsp3) is 0.625. The van der Waals surface area contributed by atoms with Gasteiger partial charge in [0.2, 0.25) is 0 Å². The highest BCUT2D eigenvalue weighted by Crippen LogP contribution is 2.41. The molecule has 2 aromatic heterocycles. The summed E-state index contributed by atoms with van der Waals surface area (Å²) in [6.07, 6.45) is 9.70. The number of rotatable bonds is 6. The van der Waals surface area contributed by atoms with E-state index in [2.05, 4.69) is 19.8 Å². The molecule has 166 valence electrons. The molecule has 2 aliphatic heterocycles. The summed E-state index contributed by atoms with van der Waals surface area (Å²) >= 11 is 1.53. The Morgan fingerprint density at radius 3 is 2.71 bits per heavy atom. The Bertz CT molecular complexity index is 875. The normalized spacial score (nSPS) is 23.1. The van der Waals surface area contributed by atoms with Crippen molar-refractivity contribution < 1.29 is 4.79 Å². The van der Waals surface area contributed by atoms with Gasteiger partial charge < -0.3 is 9.80 Å². The molecule has 0 N–H and O–H groups in total. The van der Waals surface area contributed by atoms with Gasteiger partial charge in [0.1, 0.15) is 5.69 Å². The number of hydrogen-bond donors (Lipinski definition) is 0. The summed E-state index contributed by atoms with van der Waals surface area (Å²) in [6.45, 7) is 4.93. The predicted octanol–water partition coefficient (Wildman–Crippen LogP) is 3.90. The lowest BCUT2D eigenvalue weighted by Gasteiger charge is -2.42. The summed E-state index contributed by atoms with van der Waals surface area (Å²) in [7, 11) is 2.00. The van der Waals surface area contributed by atoms with Gasteiger partial charge in [0.05, 0.1) is 12.2 Å². The molecule has 1 aliphatic carbocycles. The molecular formula is C24H33N5OS. The van der Waals surface area contributed by atoms with Crippen LogP contribution in [0.3, 0.4) is 0 Å². The number of thiazole rings is 1. The number of carbonyl (C=O) groups is 1. The summed E-state index contributed by atoms with van der Waals surface area (Å²) in [5.74, 6) is 2.03. The Balaban J connectivity index is 1.14. The third-order valence-corrected chi connectivity index (χ3v) is 8.16. The van der Waals surface area contributed by atoms with E-state index in [0.717, 1.165) is 48.6 Å². The van der Waals surface area contributed by atoms with Gasteiger partial charge >= 0.3 is 0 Å². The number of hydrogen-bond acceptors (Lipinski definition) is 6. The van der Waals surface area contributed by atoms with E-state index in [0.29, 0.717) is 18.3 Å². The average Bonchev–Trinajstić information content (AvgIpc) is 3.55. The molecule has 0 radical (unpaired) electrons. The van der Waals surface area contributed by atoms with Crippen molar-refractivity contribution in [2.75, 3.05) is 38.1 Å². The molecule has 6 nitrogen and oxygen atoms in total. The van der Waals surface area contributed by atoms with Crippen molar-refractivity contribution in [1.29, 1.82) is 0 Å². The van der Waals surface area contributed by atoms with E-state index in [1.54, 1.807) is 6.20 Å². The number of amides is 1. The molecule has 1 saturated carbocycles. The molecule has 5 rings (SSSR count). The zero-order chi connectivity index (χ0) is 21.2. The number of aromatic nitrogens is 2. The Morgan fingerprint density at radius 2 is 1.97 bits per heavy atom. The number of carbonyl (C=O) groups excluding carboxylic acids is 1. The first kappa shape index (κ1) is 20.9. The van der Waals surface area contributed by atoms with E-state index in [9.17, 15) is 4.79 Å². The fourth-order valence-electron chi connectivity index (χ4n) is 5.26. The largest absolute Gasteiger partial charge is 0.345 e. The van der Waals surface area contributed by atoms with Crippen LogP contribution in [0.4, 0.5) is 5.13 Å². The highest BCUT2D eigenvalue weighted by molar-refractivity contribution is 7.13. The molecule has 2 saturated heterocycles. The van der Waals surface area contributed by atoms with Crippen molar-refractivity contribution in [2.24, 2.45) is 11.8 Å². The number of anilines is 1. The number of likely N-dealkylation sites (tertiary alicyclic amines) is 2. The monoisotopic (exact) mass is 439 g/mol. The summed E-state index contributed by atoms with van der Waals surface area (Å²) in [5, 5.41) is 2.77. The third-order valence-electron chi connectivity index (χ3n) is 7.21. The maximum atomic E-state index is 13.1. The van der Waals surface area contributed by atoms with Gasteiger partial charge in [-0.1, -0.05) is 6.07 Å². The molecule has 0 bridgehead atoms. The Morgan fingerprint density at radius 1 is 1.13 bits per heavy atom.